The number of hydrogen-bond donors (Lipinski definition) is 1. The van der Waals surface area contributed by atoms with Gasteiger partial charge in [0, 0.05) is 22.9 Å². The summed E-state index contributed by atoms with van der Waals surface area (Å²) in [6, 6.07) is 12.0. The highest BCUT2D eigenvalue weighted by molar-refractivity contribution is 5.95. The highest BCUT2D eigenvalue weighted by Gasteiger charge is 2.32. The summed E-state index contributed by atoms with van der Waals surface area (Å²) in [5, 5.41) is 4.02. The maximum Gasteiger partial charge on any atom is 0.271 e. The van der Waals surface area contributed by atoms with Crippen LogP contribution in [0.15, 0.2) is 53.6 Å². The fourth-order valence-corrected chi connectivity index (χ4v) is 3.95. The first-order valence-corrected chi connectivity index (χ1v) is 9.41. The molecule has 5 heteroatoms. The fraction of sp³-hybridized carbons (Fsp3) is 0.304. The third kappa shape index (κ3) is 3.98. The lowest BCUT2D eigenvalue weighted by molar-refractivity contribution is 0.0954. The smallest absolute Gasteiger partial charge is 0.271 e. The molecule has 146 valence electrons. The Morgan fingerprint density at radius 3 is 2.64 bits per heavy atom. The quantitative estimate of drug-likeness (QED) is 0.600. The summed E-state index contributed by atoms with van der Waals surface area (Å²) in [7, 11) is 0. The zero-order valence-electron chi connectivity index (χ0n) is 17.0. The van der Waals surface area contributed by atoms with Gasteiger partial charge in [0.05, 0.1) is 11.8 Å². The number of hydrogen-bond acceptors (Lipinski definition) is 3. The van der Waals surface area contributed by atoms with Crippen molar-refractivity contribution < 1.29 is 9.18 Å². The van der Waals surface area contributed by atoms with Gasteiger partial charge in [-0.3, -0.25) is 4.79 Å². The third-order valence-corrected chi connectivity index (χ3v) is 4.88. The van der Waals surface area contributed by atoms with E-state index in [9.17, 15) is 9.18 Å². The monoisotopic (exact) mass is 379 g/mol. The summed E-state index contributed by atoms with van der Waals surface area (Å²) >= 11 is 0. The standard InChI is InChI=1S/C23H26FN3O/c1-15(2)27-21-10-9-17(11-20(21)16(3)13-23(27,4)5)14-25-26-22(28)18-7-6-8-19(24)12-18/h6-15H,1-5H3,(H,26,28)/b25-14-. The van der Waals surface area contributed by atoms with Crippen molar-refractivity contribution in [2.24, 2.45) is 5.10 Å². The number of halogens is 1. The largest absolute Gasteiger partial charge is 0.360 e. The Hall–Kier alpha value is -2.95. The number of benzene rings is 2. The summed E-state index contributed by atoms with van der Waals surface area (Å²) in [6.07, 6.45) is 3.88. The zero-order valence-corrected chi connectivity index (χ0v) is 17.0. The van der Waals surface area contributed by atoms with Crippen molar-refractivity contribution in [1.29, 1.82) is 0 Å². The molecule has 1 aliphatic rings. The number of carbonyl (C=O) groups excluding carboxylic acids is 1. The van der Waals surface area contributed by atoms with E-state index in [1.54, 1.807) is 12.3 Å². The van der Waals surface area contributed by atoms with E-state index in [0.29, 0.717) is 6.04 Å². The predicted molar refractivity (Wildman–Crippen MR) is 113 cm³/mol. The van der Waals surface area contributed by atoms with Gasteiger partial charge in [-0.15, -0.1) is 0 Å². The number of nitrogens with zero attached hydrogens (tertiary/aromatic N) is 2. The molecule has 0 aromatic heterocycles. The van der Waals surface area contributed by atoms with Crippen LogP contribution in [0.2, 0.25) is 0 Å². The van der Waals surface area contributed by atoms with Crippen LogP contribution in [-0.4, -0.2) is 23.7 Å². The Kier molecular flexibility index (Phi) is 5.36. The molecule has 1 amide bonds. The first kappa shape index (κ1) is 19.8. The molecule has 0 bridgehead atoms. The van der Waals surface area contributed by atoms with Crippen LogP contribution < -0.4 is 10.3 Å². The van der Waals surface area contributed by atoms with Crippen LogP contribution >= 0.6 is 0 Å². The minimum atomic E-state index is -0.453. The molecule has 2 aromatic carbocycles. The molecule has 1 N–H and O–H groups in total. The molecule has 1 aliphatic heterocycles. The van der Waals surface area contributed by atoms with Gasteiger partial charge in [0.15, 0.2) is 0 Å². The van der Waals surface area contributed by atoms with Gasteiger partial charge in [0.2, 0.25) is 0 Å². The van der Waals surface area contributed by atoms with E-state index in [-0.39, 0.29) is 11.1 Å². The molecular weight excluding hydrogens is 353 g/mol. The highest BCUT2D eigenvalue weighted by Crippen LogP contribution is 2.40. The Morgan fingerprint density at radius 1 is 1.21 bits per heavy atom. The Balaban J connectivity index is 1.81. The number of allylic oxidation sites excluding steroid dienone is 1. The van der Waals surface area contributed by atoms with E-state index in [1.165, 1.54) is 29.5 Å². The molecule has 0 fully saturated rings. The van der Waals surface area contributed by atoms with E-state index >= 15 is 0 Å². The maximum atomic E-state index is 13.2. The molecule has 2 aromatic rings. The molecule has 0 radical (unpaired) electrons. The van der Waals surface area contributed by atoms with E-state index in [0.717, 1.165) is 11.1 Å². The third-order valence-electron chi connectivity index (χ3n) is 4.88. The Labute approximate surface area is 165 Å². The van der Waals surface area contributed by atoms with Crippen LogP contribution in [0.4, 0.5) is 10.1 Å². The van der Waals surface area contributed by atoms with Gasteiger partial charge < -0.3 is 4.90 Å². The maximum absolute atomic E-state index is 13.2. The van der Waals surface area contributed by atoms with Crippen molar-refractivity contribution in [3.63, 3.8) is 0 Å². The van der Waals surface area contributed by atoms with E-state index in [2.05, 4.69) is 68.3 Å². The second kappa shape index (κ2) is 7.58. The second-order valence-corrected chi connectivity index (χ2v) is 7.93. The van der Waals surface area contributed by atoms with E-state index < -0.39 is 11.7 Å². The number of carbonyl (C=O) groups is 1. The van der Waals surface area contributed by atoms with Gasteiger partial charge >= 0.3 is 0 Å². The first-order chi connectivity index (χ1) is 13.2. The van der Waals surface area contributed by atoms with Crippen molar-refractivity contribution in [2.45, 2.75) is 46.2 Å². The number of hydrazone groups is 1. The molecule has 3 rings (SSSR count). The lowest BCUT2D eigenvalue weighted by Gasteiger charge is -2.46. The van der Waals surface area contributed by atoms with Gasteiger partial charge in [0.1, 0.15) is 5.82 Å². The van der Waals surface area contributed by atoms with Gasteiger partial charge in [0.25, 0.3) is 5.91 Å². The molecule has 4 nitrogen and oxygen atoms in total. The SMILES string of the molecule is CC1=CC(C)(C)N(C(C)C)c2ccc(/C=N\NC(=O)c3cccc(F)c3)cc21. The number of rotatable bonds is 4. The summed E-state index contributed by atoms with van der Waals surface area (Å²) in [5.74, 6) is -0.899. The van der Waals surface area contributed by atoms with Crippen molar-refractivity contribution in [3.8, 4) is 0 Å². The summed E-state index contributed by atoms with van der Waals surface area (Å²) in [5.41, 5.74) is 7.08. The molecule has 0 unspecified atom stereocenters. The van der Waals surface area contributed by atoms with Crippen molar-refractivity contribution >= 4 is 23.4 Å². The van der Waals surface area contributed by atoms with Crippen LogP contribution in [0.25, 0.3) is 5.57 Å². The van der Waals surface area contributed by atoms with E-state index in [1.807, 2.05) is 6.07 Å². The molecular formula is C23H26FN3O. The molecule has 0 atom stereocenters. The van der Waals surface area contributed by atoms with Crippen LogP contribution in [0, 0.1) is 5.82 Å². The minimum absolute atomic E-state index is 0.0558. The topological polar surface area (TPSA) is 44.7 Å². The van der Waals surface area contributed by atoms with Crippen molar-refractivity contribution in [2.75, 3.05) is 4.90 Å². The van der Waals surface area contributed by atoms with Crippen LogP contribution in [0.1, 0.15) is 56.1 Å². The highest BCUT2D eigenvalue weighted by atomic mass is 19.1. The summed E-state index contributed by atoms with van der Waals surface area (Å²) in [6.45, 7) is 10.9. The van der Waals surface area contributed by atoms with Gasteiger partial charge in [-0.05, 0) is 76.1 Å². The minimum Gasteiger partial charge on any atom is -0.360 e. The van der Waals surface area contributed by atoms with E-state index in [4.69, 9.17) is 0 Å². The normalized spacial score (nSPS) is 15.5. The Bertz CT molecular complexity index is 960. The molecule has 0 spiro atoms. The van der Waals surface area contributed by atoms with Gasteiger partial charge in [-0.25, -0.2) is 9.82 Å². The molecule has 28 heavy (non-hydrogen) atoms. The van der Waals surface area contributed by atoms with Crippen molar-refractivity contribution in [3.05, 3.63) is 71.0 Å². The fourth-order valence-electron chi connectivity index (χ4n) is 3.95. The average Bonchev–Trinajstić information content (AvgIpc) is 2.61. The summed E-state index contributed by atoms with van der Waals surface area (Å²) in [4.78, 5) is 14.5. The number of amides is 1. The van der Waals surface area contributed by atoms with Crippen LogP contribution in [-0.2, 0) is 0 Å². The van der Waals surface area contributed by atoms with Crippen LogP contribution in [0.5, 0.6) is 0 Å². The first-order valence-electron chi connectivity index (χ1n) is 9.41. The van der Waals surface area contributed by atoms with Crippen molar-refractivity contribution in [1.82, 2.24) is 5.43 Å². The number of nitrogens with one attached hydrogen (secondary N) is 1. The summed E-state index contributed by atoms with van der Waals surface area (Å²) < 4.78 is 13.2. The molecule has 1 heterocycles. The van der Waals surface area contributed by atoms with Crippen LogP contribution in [0.3, 0.4) is 0 Å². The number of fused-ring (bicyclic) bond motifs is 1. The van der Waals surface area contributed by atoms with Gasteiger partial charge in [-0.1, -0.05) is 18.2 Å². The molecule has 0 aliphatic carbocycles. The van der Waals surface area contributed by atoms with Gasteiger partial charge in [-0.2, -0.15) is 5.10 Å². The zero-order chi connectivity index (χ0) is 20.5. The molecule has 0 saturated carbocycles. The predicted octanol–water partition coefficient (Wildman–Crippen LogP) is 5.00. The number of anilines is 1. The lowest BCUT2D eigenvalue weighted by atomic mass is 9.87. The Morgan fingerprint density at radius 2 is 1.96 bits per heavy atom. The average molecular weight is 379 g/mol. The second-order valence-electron chi connectivity index (χ2n) is 7.93. The molecule has 0 saturated heterocycles. The lowest BCUT2D eigenvalue weighted by Crippen LogP contribution is -2.49.